The molecule has 1 aromatic heterocycles. The van der Waals surface area contributed by atoms with E-state index in [1.165, 1.54) is 6.26 Å². The molecule has 0 radical (unpaired) electrons. The zero-order valence-corrected chi connectivity index (χ0v) is 20.5. The van der Waals surface area contributed by atoms with Crippen LogP contribution in [0.4, 0.5) is 0 Å². The number of methoxy groups -OCH3 is 1. The second-order valence-corrected chi connectivity index (χ2v) is 8.10. The van der Waals surface area contributed by atoms with E-state index in [0.717, 1.165) is 11.1 Å². The first-order valence-corrected chi connectivity index (χ1v) is 11.6. The summed E-state index contributed by atoms with van der Waals surface area (Å²) in [5.41, 5.74) is 2.97. The lowest BCUT2D eigenvalue weighted by molar-refractivity contribution is -0.124. The first-order valence-electron chi connectivity index (χ1n) is 11.6. The second-order valence-electron chi connectivity index (χ2n) is 8.10. The third-order valence-electron chi connectivity index (χ3n) is 5.80. The summed E-state index contributed by atoms with van der Waals surface area (Å²) >= 11 is 0. The molecule has 2 amide bonds. The van der Waals surface area contributed by atoms with Gasteiger partial charge in [0.05, 0.1) is 31.4 Å². The molecule has 3 rings (SSSR count). The summed E-state index contributed by atoms with van der Waals surface area (Å²) in [6.07, 6.45) is 14.8. The van der Waals surface area contributed by atoms with E-state index in [1.807, 2.05) is 68.7 Å². The number of amides is 2. The number of rotatable bonds is 11. The zero-order valence-electron chi connectivity index (χ0n) is 20.5. The Bertz CT molecular complexity index is 1130. The van der Waals surface area contributed by atoms with Gasteiger partial charge < -0.3 is 24.7 Å². The van der Waals surface area contributed by atoms with Gasteiger partial charge in [0.25, 0.3) is 5.91 Å². The van der Waals surface area contributed by atoms with E-state index in [9.17, 15) is 9.59 Å². The van der Waals surface area contributed by atoms with Gasteiger partial charge in [0.2, 0.25) is 5.91 Å². The topological polar surface area (TPSA) is 83.7 Å². The third kappa shape index (κ3) is 6.00. The fourth-order valence-corrected chi connectivity index (χ4v) is 4.22. The molecule has 35 heavy (non-hydrogen) atoms. The molecular weight excluding hydrogens is 442 g/mol. The van der Waals surface area contributed by atoms with E-state index in [-0.39, 0.29) is 18.4 Å². The highest BCUT2D eigenvalue weighted by Crippen LogP contribution is 2.44. The molecule has 2 atom stereocenters. The molecule has 2 unspecified atom stereocenters. The number of nitrogens with zero attached hydrogens (tertiary/aromatic N) is 1. The van der Waals surface area contributed by atoms with E-state index in [0.29, 0.717) is 30.0 Å². The number of allylic oxidation sites excluding steroid dienone is 4. The van der Waals surface area contributed by atoms with Crippen molar-refractivity contribution in [1.29, 1.82) is 0 Å². The molecule has 2 N–H and O–H groups in total. The molecule has 1 aliphatic rings. The van der Waals surface area contributed by atoms with Crippen LogP contribution in [0.3, 0.4) is 0 Å². The molecule has 0 bridgehead atoms. The molecule has 0 saturated carbocycles. The summed E-state index contributed by atoms with van der Waals surface area (Å²) < 4.78 is 10.7. The normalized spacial score (nSPS) is 17.9. The van der Waals surface area contributed by atoms with Crippen molar-refractivity contribution in [3.8, 4) is 0 Å². The first kappa shape index (κ1) is 25.8. The average molecular weight is 476 g/mol. The minimum atomic E-state index is -0.639. The molecule has 1 aromatic carbocycles. The van der Waals surface area contributed by atoms with Gasteiger partial charge in [0.1, 0.15) is 5.76 Å². The fraction of sp³-hybridized carbons (Fsp3) is 0.286. The molecule has 0 aliphatic carbocycles. The Morgan fingerprint density at radius 2 is 1.97 bits per heavy atom. The highest BCUT2D eigenvalue weighted by molar-refractivity contribution is 6.01. The summed E-state index contributed by atoms with van der Waals surface area (Å²) in [6.45, 7) is 8.48. The van der Waals surface area contributed by atoms with E-state index < -0.39 is 12.0 Å². The maximum absolute atomic E-state index is 13.7. The van der Waals surface area contributed by atoms with Gasteiger partial charge in [-0.2, -0.15) is 0 Å². The Labute approximate surface area is 206 Å². The molecule has 0 saturated heterocycles. The Kier molecular flexibility index (Phi) is 9.26. The molecule has 0 fully saturated rings. The van der Waals surface area contributed by atoms with Crippen LogP contribution >= 0.6 is 0 Å². The maximum Gasteiger partial charge on any atom is 0.254 e. The van der Waals surface area contributed by atoms with Gasteiger partial charge in [-0.15, -0.1) is 0 Å². The van der Waals surface area contributed by atoms with E-state index in [2.05, 4.69) is 16.9 Å². The van der Waals surface area contributed by atoms with Gasteiger partial charge >= 0.3 is 0 Å². The van der Waals surface area contributed by atoms with Crippen molar-refractivity contribution >= 4 is 17.9 Å². The predicted octanol–water partition coefficient (Wildman–Crippen LogP) is 4.71. The van der Waals surface area contributed by atoms with Crippen molar-refractivity contribution in [1.82, 2.24) is 15.2 Å². The summed E-state index contributed by atoms with van der Waals surface area (Å²) in [7, 11) is 1.60. The van der Waals surface area contributed by atoms with E-state index in [4.69, 9.17) is 9.47 Å². The lowest BCUT2D eigenvalue weighted by atomic mass is 9.78. The summed E-state index contributed by atoms with van der Waals surface area (Å²) in [4.78, 5) is 32.2. The minimum absolute atomic E-state index is 0.128. The maximum atomic E-state index is 13.7. The highest BCUT2D eigenvalue weighted by atomic mass is 16.5. The van der Waals surface area contributed by atoms with Crippen LogP contribution in [0.5, 0.6) is 0 Å². The van der Waals surface area contributed by atoms with Crippen LogP contribution in [0.2, 0.25) is 0 Å². The van der Waals surface area contributed by atoms with Crippen LogP contribution in [-0.2, 0) is 14.3 Å². The SMILES string of the molecule is C=C(CNC(=O)C1c2ccccc2C(=O)N(CCOC)C1c1c[nH]cc1/C=C\C=C/C)O/C=C\C. The Hall–Kier alpha value is -3.84. The van der Waals surface area contributed by atoms with Crippen molar-refractivity contribution in [2.75, 3.05) is 26.8 Å². The van der Waals surface area contributed by atoms with Crippen LogP contribution in [0, 0.1) is 0 Å². The van der Waals surface area contributed by atoms with Crippen LogP contribution in [0.25, 0.3) is 6.08 Å². The van der Waals surface area contributed by atoms with Gasteiger partial charge in [0, 0.05) is 37.2 Å². The average Bonchev–Trinajstić information content (AvgIpc) is 3.33. The standard InChI is InChI=1S/C28H33N3O4/c1-5-7-8-11-21-18-29-19-24(21)26-25(27(32)30-17-20(3)35-15-6-2)22-12-9-10-13-23(22)28(33)31(26)14-16-34-4/h5-13,15,18-19,25-26,29H,3,14,16-17H2,1-2,4H3,(H,30,32)/b7-5-,11-8-,15-6-. The van der Waals surface area contributed by atoms with Gasteiger partial charge in [-0.3, -0.25) is 9.59 Å². The van der Waals surface area contributed by atoms with Crippen molar-refractivity contribution in [3.63, 3.8) is 0 Å². The lowest BCUT2D eigenvalue weighted by Gasteiger charge is -2.41. The summed E-state index contributed by atoms with van der Waals surface area (Å²) in [6, 6.07) is 6.76. The molecule has 7 heteroatoms. The Morgan fingerprint density at radius 1 is 1.17 bits per heavy atom. The third-order valence-corrected chi connectivity index (χ3v) is 5.80. The number of nitrogens with one attached hydrogen (secondary N) is 2. The number of hydrogen-bond acceptors (Lipinski definition) is 4. The largest absolute Gasteiger partial charge is 0.468 e. The molecule has 184 valence electrons. The first-order chi connectivity index (χ1) is 17.0. The number of fused-ring (bicyclic) bond motifs is 1. The zero-order chi connectivity index (χ0) is 25.2. The summed E-state index contributed by atoms with van der Waals surface area (Å²) in [5, 5.41) is 2.95. The Balaban J connectivity index is 2.07. The number of H-pyrrole nitrogens is 1. The fourth-order valence-electron chi connectivity index (χ4n) is 4.22. The van der Waals surface area contributed by atoms with Crippen LogP contribution in [0.15, 0.2) is 79.6 Å². The molecule has 1 aliphatic heterocycles. The van der Waals surface area contributed by atoms with Crippen molar-refractivity contribution in [2.45, 2.75) is 25.8 Å². The lowest BCUT2D eigenvalue weighted by Crippen LogP contribution is -2.48. The number of aromatic nitrogens is 1. The molecule has 2 aromatic rings. The number of hydrogen-bond donors (Lipinski definition) is 2. The van der Waals surface area contributed by atoms with Crippen molar-refractivity contribution in [3.05, 3.63) is 102 Å². The van der Waals surface area contributed by atoms with Crippen LogP contribution < -0.4 is 5.32 Å². The minimum Gasteiger partial charge on any atom is -0.468 e. The summed E-state index contributed by atoms with van der Waals surface area (Å²) in [5.74, 6) is -0.565. The van der Waals surface area contributed by atoms with Crippen LogP contribution in [-0.4, -0.2) is 48.5 Å². The molecular formula is C28H33N3O4. The van der Waals surface area contributed by atoms with Crippen molar-refractivity contribution < 1.29 is 19.1 Å². The number of carbonyl (C=O) groups is 2. The van der Waals surface area contributed by atoms with E-state index in [1.54, 1.807) is 24.2 Å². The van der Waals surface area contributed by atoms with Gasteiger partial charge in [-0.25, -0.2) is 0 Å². The van der Waals surface area contributed by atoms with Crippen molar-refractivity contribution in [2.24, 2.45) is 0 Å². The van der Waals surface area contributed by atoms with Crippen LogP contribution in [0.1, 0.15) is 52.9 Å². The highest BCUT2D eigenvalue weighted by Gasteiger charge is 2.44. The van der Waals surface area contributed by atoms with Gasteiger partial charge in [-0.1, -0.05) is 55.2 Å². The second kappa shape index (κ2) is 12.6. The van der Waals surface area contributed by atoms with Gasteiger partial charge in [0.15, 0.2) is 0 Å². The van der Waals surface area contributed by atoms with Gasteiger partial charge in [-0.05, 0) is 31.0 Å². The predicted molar refractivity (Wildman–Crippen MR) is 138 cm³/mol. The number of benzene rings is 1. The van der Waals surface area contributed by atoms with E-state index >= 15 is 0 Å². The number of aromatic amines is 1. The monoisotopic (exact) mass is 475 g/mol. The molecule has 2 heterocycles. The molecule has 0 spiro atoms. The molecule has 7 nitrogen and oxygen atoms in total. The quantitative estimate of drug-likeness (QED) is 0.364. The number of ether oxygens (including phenoxy) is 2. The Morgan fingerprint density at radius 3 is 2.71 bits per heavy atom. The number of carbonyl (C=O) groups excluding carboxylic acids is 2. The smallest absolute Gasteiger partial charge is 0.254 e.